The quantitative estimate of drug-likeness (QED) is 0.198. The van der Waals surface area contributed by atoms with E-state index in [9.17, 15) is 9.59 Å². The van der Waals surface area contributed by atoms with Crippen LogP contribution in [0.4, 0.5) is 0 Å². The molecule has 4 nitrogen and oxygen atoms in total. The van der Waals surface area contributed by atoms with Gasteiger partial charge in [0, 0.05) is 0 Å². The topological polar surface area (TPSA) is 52.6 Å². The Morgan fingerprint density at radius 1 is 0.675 bits per heavy atom. The maximum atomic E-state index is 13.4. The molecule has 0 bridgehead atoms. The minimum absolute atomic E-state index is 0.0138. The summed E-state index contributed by atoms with van der Waals surface area (Å²) in [6, 6.07) is 0. The summed E-state index contributed by atoms with van der Waals surface area (Å²) in [6.07, 6.45) is 19.8. The van der Waals surface area contributed by atoms with Gasteiger partial charge in [0.25, 0.3) is 0 Å². The van der Waals surface area contributed by atoms with Crippen molar-refractivity contribution < 1.29 is 19.1 Å². The Balaban J connectivity index is 1.44. The molecule has 0 aliphatic heterocycles. The first kappa shape index (κ1) is 33.4. The van der Waals surface area contributed by atoms with Crippen LogP contribution in [-0.2, 0) is 19.1 Å². The fourth-order valence-corrected chi connectivity index (χ4v) is 7.81. The van der Waals surface area contributed by atoms with Gasteiger partial charge >= 0.3 is 11.9 Å². The van der Waals surface area contributed by atoms with Gasteiger partial charge in [-0.3, -0.25) is 9.59 Å². The average Bonchev–Trinajstić information content (AvgIpc) is 2.95. The standard InChI is InChI=1S/C36H64O4/c1-25(2)12-15-27(4)28(5)16-17-29(6)40-36(38)34(32-10-8-7-9-11-32)24-39-35(37)33-22-20-31(21-23-33)30-18-13-26(3)14-19-30/h25-34H,7-24H2,1-6H3. The number of rotatable bonds is 14. The van der Waals surface area contributed by atoms with E-state index in [0.29, 0.717) is 11.8 Å². The summed E-state index contributed by atoms with van der Waals surface area (Å²) in [5.41, 5.74) is 0. The van der Waals surface area contributed by atoms with Crippen LogP contribution in [0.2, 0.25) is 0 Å². The molecule has 0 aromatic heterocycles. The molecule has 3 rings (SSSR count). The number of hydrogen-bond acceptors (Lipinski definition) is 4. The van der Waals surface area contributed by atoms with Crippen LogP contribution < -0.4 is 0 Å². The number of ether oxygens (including phenoxy) is 2. The van der Waals surface area contributed by atoms with Crippen molar-refractivity contribution in [1.82, 2.24) is 0 Å². The molecular weight excluding hydrogens is 496 g/mol. The maximum absolute atomic E-state index is 13.4. The van der Waals surface area contributed by atoms with E-state index in [0.717, 1.165) is 75.0 Å². The van der Waals surface area contributed by atoms with Crippen LogP contribution in [0.5, 0.6) is 0 Å². The van der Waals surface area contributed by atoms with Gasteiger partial charge in [0.1, 0.15) is 6.61 Å². The molecule has 3 aliphatic carbocycles. The summed E-state index contributed by atoms with van der Waals surface area (Å²) in [5, 5.41) is 0. The molecule has 232 valence electrons. The van der Waals surface area contributed by atoms with Gasteiger partial charge in [0.15, 0.2) is 0 Å². The lowest BCUT2D eigenvalue weighted by Crippen LogP contribution is -2.35. The molecule has 0 heterocycles. The summed E-state index contributed by atoms with van der Waals surface area (Å²) < 4.78 is 12.0. The van der Waals surface area contributed by atoms with Gasteiger partial charge in [-0.2, -0.15) is 0 Å². The highest BCUT2D eigenvalue weighted by molar-refractivity contribution is 5.75. The van der Waals surface area contributed by atoms with E-state index in [1.807, 2.05) is 6.92 Å². The minimum Gasteiger partial charge on any atom is -0.465 e. The minimum atomic E-state index is -0.311. The molecule has 3 saturated carbocycles. The molecule has 0 spiro atoms. The number of carbonyl (C=O) groups is 2. The molecular formula is C36H64O4. The van der Waals surface area contributed by atoms with E-state index in [-0.39, 0.29) is 42.4 Å². The van der Waals surface area contributed by atoms with Crippen molar-refractivity contribution in [3.8, 4) is 0 Å². The van der Waals surface area contributed by atoms with Crippen LogP contribution in [-0.4, -0.2) is 24.6 Å². The Labute approximate surface area is 247 Å². The van der Waals surface area contributed by atoms with Gasteiger partial charge in [-0.15, -0.1) is 0 Å². The average molecular weight is 561 g/mol. The highest BCUT2D eigenvalue weighted by Gasteiger charge is 2.36. The van der Waals surface area contributed by atoms with Crippen LogP contribution in [0, 0.1) is 53.3 Å². The molecule has 0 radical (unpaired) electrons. The van der Waals surface area contributed by atoms with Crippen molar-refractivity contribution in [2.75, 3.05) is 6.61 Å². The fraction of sp³-hybridized carbons (Fsp3) is 0.944. The summed E-state index contributed by atoms with van der Waals surface area (Å²) in [5.74, 6) is 4.41. The lowest BCUT2D eigenvalue weighted by molar-refractivity contribution is -0.164. The molecule has 4 unspecified atom stereocenters. The summed E-state index contributed by atoms with van der Waals surface area (Å²) in [4.78, 5) is 26.5. The predicted octanol–water partition coefficient (Wildman–Crippen LogP) is 9.78. The summed E-state index contributed by atoms with van der Waals surface area (Å²) in [7, 11) is 0. The predicted molar refractivity (Wildman–Crippen MR) is 165 cm³/mol. The van der Waals surface area contributed by atoms with E-state index in [4.69, 9.17) is 9.47 Å². The molecule has 0 amide bonds. The second-order valence-corrected chi connectivity index (χ2v) is 15.0. The van der Waals surface area contributed by atoms with E-state index in [2.05, 4.69) is 34.6 Å². The molecule has 3 fully saturated rings. The third-order valence-electron chi connectivity index (χ3n) is 11.3. The van der Waals surface area contributed by atoms with E-state index >= 15 is 0 Å². The molecule has 4 atom stereocenters. The van der Waals surface area contributed by atoms with Gasteiger partial charge in [-0.1, -0.05) is 79.6 Å². The molecule has 40 heavy (non-hydrogen) atoms. The van der Waals surface area contributed by atoms with Crippen molar-refractivity contribution in [2.45, 2.75) is 157 Å². The zero-order valence-corrected chi connectivity index (χ0v) is 27.1. The highest BCUT2D eigenvalue weighted by Crippen LogP contribution is 2.41. The van der Waals surface area contributed by atoms with Crippen LogP contribution in [0.25, 0.3) is 0 Å². The lowest BCUT2D eigenvalue weighted by Gasteiger charge is -2.36. The lowest BCUT2D eigenvalue weighted by atomic mass is 9.69. The Morgan fingerprint density at radius 2 is 1.23 bits per heavy atom. The number of hydrogen-bond donors (Lipinski definition) is 0. The van der Waals surface area contributed by atoms with Crippen molar-refractivity contribution in [3.63, 3.8) is 0 Å². The van der Waals surface area contributed by atoms with Gasteiger partial charge in [0.2, 0.25) is 0 Å². The van der Waals surface area contributed by atoms with E-state index < -0.39 is 0 Å². The van der Waals surface area contributed by atoms with Gasteiger partial charge < -0.3 is 9.47 Å². The summed E-state index contributed by atoms with van der Waals surface area (Å²) >= 11 is 0. The molecule has 0 aromatic carbocycles. The third-order valence-corrected chi connectivity index (χ3v) is 11.3. The molecule has 0 saturated heterocycles. The zero-order valence-electron chi connectivity index (χ0n) is 27.1. The van der Waals surface area contributed by atoms with Gasteiger partial charge in [-0.05, 0) is 113 Å². The zero-order chi connectivity index (χ0) is 29.1. The fourth-order valence-electron chi connectivity index (χ4n) is 7.81. The largest absolute Gasteiger partial charge is 0.465 e. The Hall–Kier alpha value is -1.06. The molecule has 0 N–H and O–H groups in total. The Bertz CT molecular complexity index is 725. The SMILES string of the molecule is CC(C)CCC(C)C(C)CCC(C)OC(=O)C(COC(=O)C1CCC(C2CCC(C)CC2)CC1)C1CCCCC1. The first-order valence-corrected chi connectivity index (χ1v) is 17.5. The monoisotopic (exact) mass is 560 g/mol. The van der Waals surface area contributed by atoms with Crippen LogP contribution in [0.3, 0.4) is 0 Å². The van der Waals surface area contributed by atoms with Crippen molar-refractivity contribution in [2.24, 2.45) is 53.3 Å². The van der Waals surface area contributed by atoms with Crippen molar-refractivity contribution in [1.29, 1.82) is 0 Å². The van der Waals surface area contributed by atoms with Crippen LogP contribution in [0.1, 0.15) is 151 Å². The maximum Gasteiger partial charge on any atom is 0.312 e. The van der Waals surface area contributed by atoms with Crippen molar-refractivity contribution >= 4 is 11.9 Å². The highest BCUT2D eigenvalue weighted by atomic mass is 16.6. The first-order valence-electron chi connectivity index (χ1n) is 17.5. The second-order valence-electron chi connectivity index (χ2n) is 15.0. The van der Waals surface area contributed by atoms with Crippen LogP contribution in [0.15, 0.2) is 0 Å². The number of esters is 2. The third kappa shape index (κ3) is 11.0. The van der Waals surface area contributed by atoms with Gasteiger partial charge in [0.05, 0.1) is 17.9 Å². The Morgan fingerprint density at radius 3 is 1.80 bits per heavy atom. The molecule has 3 aliphatic rings. The number of carbonyl (C=O) groups excluding carboxylic acids is 2. The van der Waals surface area contributed by atoms with E-state index in [1.165, 1.54) is 57.8 Å². The normalized spacial score (nSPS) is 29.4. The smallest absolute Gasteiger partial charge is 0.312 e. The second kappa shape index (κ2) is 17.2. The first-order chi connectivity index (χ1) is 19.1. The van der Waals surface area contributed by atoms with Crippen LogP contribution >= 0.6 is 0 Å². The Kier molecular flexibility index (Phi) is 14.3. The van der Waals surface area contributed by atoms with E-state index in [1.54, 1.807) is 0 Å². The molecule has 4 heteroatoms. The van der Waals surface area contributed by atoms with Gasteiger partial charge in [-0.25, -0.2) is 0 Å². The summed E-state index contributed by atoms with van der Waals surface area (Å²) in [6.45, 7) is 13.9. The van der Waals surface area contributed by atoms with Crippen molar-refractivity contribution in [3.05, 3.63) is 0 Å². The molecule has 0 aromatic rings.